The van der Waals surface area contributed by atoms with Crippen LogP contribution < -0.4 is 5.32 Å². The van der Waals surface area contributed by atoms with Gasteiger partial charge in [0.25, 0.3) is 5.91 Å². The Hall–Kier alpha value is -2.83. The fraction of sp³-hybridized carbons (Fsp3) is 0.312. The highest BCUT2D eigenvalue weighted by molar-refractivity contribution is 6.00. The van der Waals surface area contributed by atoms with Crippen molar-refractivity contribution in [2.24, 2.45) is 0 Å². The second-order valence-corrected chi connectivity index (χ2v) is 5.23. The first kappa shape index (κ1) is 15.1. The summed E-state index contributed by atoms with van der Waals surface area (Å²) < 4.78 is 10.2. The third-order valence-corrected chi connectivity index (χ3v) is 3.82. The van der Waals surface area contributed by atoms with E-state index in [0.717, 1.165) is 5.39 Å². The third kappa shape index (κ3) is 2.90. The minimum absolute atomic E-state index is 0.149. The second kappa shape index (κ2) is 6.12. The number of hydrogen-bond donors (Lipinski definition) is 1. The molecule has 120 valence electrons. The molecule has 1 saturated heterocycles. The van der Waals surface area contributed by atoms with Crippen LogP contribution in [0.2, 0.25) is 0 Å². The lowest BCUT2D eigenvalue weighted by Gasteiger charge is -2.33. The maximum Gasteiger partial charge on any atom is 0.308 e. The number of piperazine rings is 1. The predicted molar refractivity (Wildman–Crippen MR) is 80.7 cm³/mol. The van der Waals surface area contributed by atoms with E-state index in [2.05, 4.69) is 10.1 Å². The smallest absolute Gasteiger partial charge is 0.308 e. The Morgan fingerprint density at radius 2 is 2.17 bits per heavy atom. The molecule has 3 rings (SSSR count). The number of ether oxygens (including phenoxy) is 1. The minimum Gasteiger partial charge on any atom is -0.469 e. The normalized spacial score (nSPS) is 17.9. The highest BCUT2D eigenvalue weighted by Gasteiger charge is 2.36. The first-order valence-corrected chi connectivity index (χ1v) is 7.24. The lowest BCUT2D eigenvalue weighted by atomic mass is 10.1. The summed E-state index contributed by atoms with van der Waals surface area (Å²) in [6.45, 7) is 0.645. The van der Waals surface area contributed by atoms with E-state index in [1.54, 1.807) is 12.1 Å². The van der Waals surface area contributed by atoms with Crippen molar-refractivity contribution in [1.82, 2.24) is 10.2 Å². The maximum atomic E-state index is 12.7. The van der Waals surface area contributed by atoms with Crippen LogP contribution in [0.3, 0.4) is 0 Å². The molecule has 0 aliphatic carbocycles. The molecule has 1 aromatic carbocycles. The minimum atomic E-state index is -0.892. The maximum absolute atomic E-state index is 12.7. The first-order valence-electron chi connectivity index (χ1n) is 7.24. The molecule has 1 aromatic heterocycles. The molecule has 0 saturated carbocycles. The van der Waals surface area contributed by atoms with E-state index in [0.29, 0.717) is 18.7 Å². The fourth-order valence-corrected chi connectivity index (χ4v) is 2.63. The van der Waals surface area contributed by atoms with Crippen LogP contribution in [0.4, 0.5) is 0 Å². The van der Waals surface area contributed by atoms with Crippen molar-refractivity contribution in [1.29, 1.82) is 0 Å². The summed E-state index contributed by atoms with van der Waals surface area (Å²) in [4.78, 5) is 37.6. The van der Waals surface area contributed by atoms with Gasteiger partial charge in [-0.15, -0.1) is 0 Å². The average molecular weight is 316 g/mol. The van der Waals surface area contributed by atoms with Crippen molar-refractivity contribution < 1.29 is 23.5 Å². The number of hydrogen-bond acceptors (Lipinski definition) is 5. The molecule has 2 amide bonds. The number of fused-ring (bicyclic) bond motifs is 1. The van der Waals surface area contributed by atoms with Crippen LogP contribution in [0.1, 0.15) is 17.0 Å². The number of nitrogens with one attached hydrogen (secondary N) is 1. The number of methoxy groups -OCH3 is 1. The molecule has 1 aliphatic heterocycles. The van der Waals surface area contributed by atoms with Crippen LogP contribution in [0.25, 0.3) is 11.0 Å². The summed E-state index contributed by atoms with van der Waals surface area (Å²) in [5.74, 6) is -1.18. The van der Waals surface area contributed by atoms with Gasteiger partial charge in [-0.1, -0.05) is 18.2 Å². The summed E-state index contributed by atoms with van der Waals surface area (Å²) in [6, 6.07) is 8.01. The summed E-state index contributed by atoms with van der Waals surface area (Å²) in [7, 11) is 1.24. The molecular weight excluding hydrogens is 300 g/mol. The largest absolute Gasteiger partial charge is 0.469 e. The van der Waals surface area contributed by atoms with Crippen molar-refractivity contribution in [2.75, 3.05) is 20.2 Å². The number of carbonyl (C=O) groups excluding carboxylic acids is 3. The number of benzene rings is 1. The van der Waals surface area contributed by atoms with Crippen molar-refractivity contribution in [2.45, 2.75) is 12.5 Å². The van der Waals surface area contributed by atoms with Gasteiger partial charge in [0, 0.05) is 18.5 Å². The SMILES string of the molecule is COC(=O)C[C@H]1C(=O)NCCN1C(=O)c1cc2ccccc2o1. The summed E-state index contributed by atoms with van der Waals surface area (Å²) in [6.07, 6.45) is -0.186. The molecular formula is C16H16N2O5. The second-order valence-electron chi connectivity index (χ2n) is 5.23. The van der Waals surface area contributed by atoms with Crippen LogP contribution in [-0.4, -0.2) is 48.9 Å². The van der Waals surface area contributed by atoms with E-state index in [1.165, 1.54) is 12.0 Å². The van der Waals surface area contributed by atoms with Gasteiger partial charge in [0.1, 0.15) is 11.6 Å². The van der Waals surface area contributed by atoms with E-state index >= 15 is 0 Å². The van der Waals surface area contributed by atoms with Crippen molar-refractivity contribution in [3.63, 3.8) is 0 Å². The topological polar surface area (TPSA) is 88.9 Å². The van der Waals surface area contributed by atoms with Gasteiger partial charge in [0.15, 0.2) is 5.76 Å². The van der Waals surface area contributed by atoms with E-state index in [1.807, 2.05) is 18.2 Å². The molecule has 0 spiro atoms. The van der Waals surface area contributed by atoms with Gasteiger partial charge in [-0.3, -0.25) is 14.4 Å². The molecule has 7 nitrogen and oxygen atoms in total. The van der Waals surface area contributed by atoms with Crippen LogP contribution in [-0.2, 0) is 14.3 Å². The van der Waals surface area contributed by atoms with Gasteiger partial charge in [-0.2, -0.15) is 0 Å². The Morgan fingerprint density at radius 1 is 1.39 bits per heavy atom. The van der Waals surface area contributed by atoms with E-state index in [-0.39, 0.29) is 18.1 Å². The number of para-hydroxylation sites is 1. The van der Waals surface area contributed by atoms with Crippen molar-refractivity contribution >= 4 is 28.8 Å². The average Bonchev–Trinajstić information content (AvgIpc) is 3.00. The number of carbonyl (C=O) groups is 3. The third-order valence-electron chi connectivity index (χ3n) is 3.82. The van der Waals surface area contributed by atoms with Gasteiger partial charge >= 0.3 is 5.97 Å². The van der Waals surface area contributed by atoms with Gasteiger partial charge < -0.3 is 19.4 Å². The van der Waals surface area contributed by atoms with Crippen molar-refractivity contribution in [3.05, 3.63) is 36.1 Å². The first-order chi connectivity index (χ1) is 11.1. The Balaban J connectivity index is 1.88. The fourth-order valence-electron chi connectivity index (χ4n) is 2.63. The highest BCUT2D eigenvalue weighted by Crippen LogP contribution is 2.22. The Labute approximate surface area is 132 Å². The van der Waals surface area contributed by atoms with Crippen LogP contribution in [0.15, 0.2) is 34.7 Å². The van der Waals surface area contributed by atoms with Gasteiger partial charge in [-0.25, -0.2) is 0 Å². The molecule has 0 radical (unpaired) electrons. The van der Waals surface area contributed by atoms with E-state index in [9.17, 15) is 14.4 Å². The highest BCUT2D eigenvalue weighted by atomic mass is 16.5. The molecule has 2 heterocycles. The number of amides is 2. The molecule has 1 N–H and O–H groups in total. The molecule has 1 aliphatic rings. The standard InChI is InChI=1S/C16H16N2O5/c1-22-14(19)9-11-15(20)17-6-7-18(11)16(21)13-8-10-4-2-3-5-12(10)23-13/h2-5,8,11H,6-7,9H2,1H3,(H,17,20)/t11-/m0/s1. The van der Waals surface area contributed by atoms with E-state index in [4.69, 9.17) is 4.42 Å². The zero-order chi connectivity index (χ0) is 16.4. The zero-order valence-corrected chi connectivity index (χ0v) is 12.6. The number of rotatable bonds is 3. The van der Waals surface area contributed by atoms with Gasteiger partial charge in [-0.05, 0) is 12.1 Å². The molecule has 0 bridgehead atoms. The zero-order valence-electron chi connectivity index (χ0n) is 12.6. The Bertz CT molecular complexity index is 734. The van der Waals surface area contributed by atoms with Crippen LogP contribution in [0.5, 0.6) is 0 Å². The van der Waals surface area contributed by atoms with Gasteiger partial charge in [0.05, 0.1) is 13.5 Å². The summed E-state index contributed by atoms with van der Waals surface area (Å²) in [5, 5.41) is 3.46. The molecule has 23 heavy (non-hydrogen) atoms. The molecule has 7 heteroatoms. The molecule has 2 aromatic rings. The monoisotopic (exact) mass is 316 g/mol. The quantitative estimate of drug-likeness (QED) is 0.851. The molecule has 0 unspecified atom stereocenters. The summed E-state index contributed by atoms with van der Waals surface area (Å²) in [5.41, 5.74) is 0.599. The molecule has 1 fully saturated rings. The lowest BCUT2D eigenvalue weighted by Crippen LogP contribution is -2.57. The number of nitrogens with zero attached hydrogens (tertiary/aromatic N) is 1. The number of esters is 1. The Morgan fingerprint density at radius 3 is 2.91 bits per heavy atom. The number of furan rings is 1. The van der Waals surface area contributed by atoms with Crippen LogP contribution in [0, 0.1) is 0 Å². The summed E-state index contributed by atoms with van der Waals surface area (Å²) >= 11 is 0. The molecule has 1 atom stereocenters. The Kier molecular flexibility index (Phi) is 4.01. The van der Waals surface area contributed by atoms with Crippen molar-refractivity contribution in [3.8, 4) is 0 Å². The predicted octanol–water partition coefficient (Wildman–Crippen LogP) is 0.937. The van der Waals surface area contributed by atoms with Crippen LogP contribution >= 0.6 is 0 Å². The lowest BCUT2D eigenvalue weighted by molar-refractivity contribution is -0.145. The van der Waals surface area contributed by atoms with E-state index < -0.39 is 17.9 Å². The van der Waals surface area contributed by atoms with Gasteiger partial charge in [0.2, 0.25) is 5.91 Å².